The molecule has 1 atom stereocenters. The summed E-state index contributed by atoms with van der Waals surface area (Å²) in [7, 11) is 0. The van der Waals surface area contributed by atoms with Gasteiger partial charge in [0, 0.05) is 5.41 Å². The summed E-state index contributed by atoms with van der Waals surface area (Å²) in [4.78, 5) is 0. The van der Waals surface area contributed by atoms with Crippen LogP contribution in [-0.2, 0) is 5.41 Å². The molecule has 0 aromatic carbocycles. The molecule has 1 heterocycles. The summed E-state index contributed by atoms with van der Waals surface area (Å²) in [6.07, 6.45) is 0. The lowest BCUT2D eigenvalue weighted by Crippen LogP contribution is -2.10. The Labute approximate surface area is 82.0 Å². The molecule has 68 valence electrons. The van der Waals surface area contributed by atoms with E-state index in [1.165, 1.54) is 0 Å². The van der Waals surface area contributed by atoms with E-state index in [9.17, 15) is 0 Å². The van der Waals surface area contributed by atoms with E-state index >= 15 is 0 Å². The Hall–Kier alpha value is -0.150. The van der Waals surface area contributed by atoms with Gasteiger partial charge in [0.2, 0.25) is 0 Å². The fourth-order valence-corrected chi connectivity index (χ4v) is 1.71. The summed E-state index contributed by atoms with van der Waals surface area (Å²) in [5.74, 6) is 0. The molecule has 0 N–H and O–H groups in total. The fourth-order valence-electron chi connectivity index (χ4n) is 0.698. The van der Waals surface area contributed by atoms with Crippen molar-refractivity contribution in [3.05, 3.63) is 10.0 Å². The predicted octanol–water partition coefficient (Wildman–Crippen LogP) is 3.14. The van der Waals surface area contributed by atoms with E-state index < -0.39 is 0 Å². The maximum atomic E-state index is 5.87. The predicted molar refractivity (Wildman–Crippen MR) is 52.9 cm³/mol. The third kappa shape index (κ3) is 2.17. The van der Waals surface area contributed by atoms with Crippen LogP contribution < -0.4 is 0 Å². The van der Waals surface area contributed by atoms with Gasteiger partial charge in [0.15, 0.2) is 0 Å². The average Bonchev–Trinajstić information content (AvgIpc) is 2.30. The van der Waals surface area contributed by atoms with Gasteiger partial charge in [-0.2, -0.15) is 0 Å². The van der Waals surface area contributed by atoms with Gasteiger partial charge in [0.05, 0.1) is 5.38 Å². The molecule has 0 fully saturated rings. The third-order valence-electron chi connectivity index (χ3n) is 1.42. The largest absolute Gasteiger partial charge is 0.143 e. The first-order chi connectivity index (χ1) is 5.41. The third-order valence-corrected chi connectivity index (χ3v) is 3.29. The molecule has 1 rings (SSSR count). The van der Waals surface area contributed by atoms with Gasteiger partial charge in [-0.3, -0.25) is 0 Å². The molecule has 0 aliphatic rings. The first-order valence-corrected chi connectivity index (χ1v) is 5.14. The number of rotatable bonds is 1. The van der Waals surface area contributed by atoms with Gasteiger partial charge in [0.1, 0.15) is 10.0 Å². The molecule has 1 aromatic rings. The van der Waals surface area contributed by atoms with E-state index in [-0.39, 0.29) is 10.8 Å². The minimum absolute atomic E-state index is 0.0291. The first kappa shape index (κ1) is 9.93. The van der Waals surface area contributed by atoms with Crippen LogP contribution in [-0.4, -0.2) is 10.2 Å². The normalized spacial score (nSPS) is 14.8. The minimum atomic E-state index is -0.0291. The second-order valence-electron chi connectivity index (χ2n) is 3.81. The topological polar surface area (TPSA) is 25.8 Å². The maximum Gasteiger partial charge on any atom is 0.135 e. The molecule has 0 saturated heterocycles. The van der Waals surface area contributed by atoms with Gasteiger partial charge < -0.3 is 0 Å². The SMILES string of the molecule is CC(Cl)c1nnc(C(C)(C)C)s1. The molecule has 0 spiro atoms. The lowest BCUT2D eigenvalue weighted by atomic mass is 9.98. The summed E-state index contributed by atoms with van der Waals surface area (Å²) in [5, 5.41) is 10.0. The van der Waals surface area contributed by atoms with Gasteiger partial charge in [-0.05, 0) is 6.92 Å². The molecular formula is C8H13ClN2S. The van der Waals surface area contributed by atoms with Crippen LogP contribution in [0.5, 0.6) is 0 Å². The Morgan fingerprint density at radius 1 is 1.33 bits per heavy atom. The Kier molecular flexibility index (Phi) is 2.74. The average molecular weight is 205 g/mol. The summed E-state index contributed by atoms with van der Waals surface area (Å²) in [6, 6.07) is 0. The molecule has 0 saturated carbocycles. The molecule has 0 amide bonds. The van der Waals surface area contributed by atoms with Crippen molar-refractivity contribution in [2.24, 2.45) is 0 Å². The Balaban J connectivity index is 2.92. The highest BCUT2D eigenvalue weighted by Crippen LogP contribution is 2.29. The van der Waals surface area contributed by atoms with Crippen LogP contribution in [0.1, 0.15) is 43.1 Å². The molecule has 4 heteroatoms. The zero-order valence-electron chi connectivity index (χ0n) is 7.76. The number of nitrogens with zero attached hydrogens (tertiary/aromatic N) is 2. The lowest BCUT2D eigenvalue weighted by Gasteiger charge is -2.12. The standard InChI is InChI=1S/C8H13ClN2S/c1-5(9)6-10-11-7(12-6)8(2,3)4/h5H,1-4H3. The molecule has 12 heavy (non-hydrogen) atoms. The summed E-state index contributed by atoms with van der Waals surface area (Å²) in [6.45, 7) is 8.27. The highest BCUT2D eigenvalue weighted by Gasteiger charge is 2.20. The molecular weight excluding hydrogens is 192 g/mol. The number of aromatic nitrogens is 2. The Morgan fingerprint density at radius 2 is 1.92 bits per heavy atom. The monoisotopic (exact) mass is 204 g/mol. The van der Waals surface area contributed by atoms with Gasteiger partial charge in [-0.25, -0.2) is 0 Å². The van der Waals surface area contributed by atoms with E-state index in [4.69, 9.17) is 11.6 Å². The number of halogens is 1. The van der Waals surface area contributed by atoms with Gasteiger partial charge in [-0.1, -0.05) is 32.1 Å². The molecule has 0 aliphatic heterocycles. The molecule has 1 unspecified atom stereocenters. The fraction of sp³-hybridized carbons (Fsp3) is 0.750. The van der Waals surface area contributed by atoms with Crippen LogP contribution in [0.3, 0.4) is 0 Å². The van der Waals surface area contributed by atoms with Crippen LogP contribution in [0, 0.1) is 0 Å². The van der Waals surface area contributed by atoms with Crippen molar-refractivity contribution < 1.29 is 0 Å². The Bertz CT molecular complexity index is 262. The van der Waals surface area contributed by atoms with E-state index in [0.29, 0.717) is 0 Å². The van der Waals surface area contributed by atoms with E-state index in [1.807, 2.05) is 6.92 Å². The summed E-state index contributed by atoms with van der Waals surface area (Å²) in [5.41, 5.74) is 0.0850. The Morgan fingerprint density at radius 3 is 2.17 bits per heavy atom. The molecule has 0 bridgehead atoms. The minimum Gasteiger partial charge on any atom is -0.143 e. The number of hydrogen-bond acceptors (Lipinski definition) is 3. The van der Waals surface area contributed by atoms with Crippen molar-refractivity contribution in [1.82, 2.24) is 10.2 Å². The second kappa shape index (κ2) is 3.30. The summed E-state index contributed by atoms with van der Waals surface area (Å²) < 4.78 is 0. The van der Waals surface area contributed by atoms with Crippen LogP contribution in [0.2, 0.25) is 0 Å². The molecule has 0 aliphatic carbocycles. The number of alkyl halides is 1. The zero-order valence-corrected chi connectivity index (χ0v) is 9.33. The van der Waals surface area contributed by atoms with Crippen molar-refractivity contribution >= 4 is 22.9 Å². The zero-order chi connectivity index (χ0) is 9.35. The van der Waals surface area contributed by atoms with Crippen molar-refractivity contribution in [2.75, 3.05) is 0 Å². The molecule has 2 nitrogen and oxygen atoms in total. The smallest absolute Gasteiger partial charge is 0.135 e. The maximum absolute atomic E-state index is 5.87. The van der Waals surface area contributed by atoms with Crippen LogP contribution in [0.15, 0.2) is 0 Å². The highest BCUT2D eigenvalue weighted by atomic mass is 35.5. The van der Waals surface area contributed by atoms with Gasteiger partial charge >= 0.3 is 0 Å². The van der Waals surface area contributed by atoms with Crippen LogP contribution in [0.4, 0.5) is 0 Å². The molecule has 1 aromatic heterocycles. The lowest BCUT2D eigenvalue weighted by molar-refractivity contribution is 0.577. The second-order valence-corrected chi connectivity index (χ2v) is 5.48. The van der Waals surface area contributed by atoms with Crippen LogP contribution >= 0.6 is 22.9 Å². The van der Waals surface area contributed by atoms with Crippen molar-refractivity contribution in [1.29, 1.82) is 0 Å². The van der Waals surface area contributed by atoms with E-state index in [1.54, 1.807) is 11.3 Å². The number of hydrogen-bond donors (Lipinski definition) is 0. The quantitative estimate of drug-likeness (QED) is 0.657. The van der Waals surface area contributed by atoms with Gasteiger partial charge in [0.25, 0.3) is 0 Å². The van der Waals surface area contributed by atoms with Crippen molar-refractivity contribution in [3.63, 3.8) is 0 Å². The van der Waals surface area contributed by atoms with Gasteiger partial charge in [-0.15, -0.1) is 21.8 Å². The van der Waals surface area contributed by atoms with E-state index in [0.717, 1.165) is 10.0 Å². The van der Waals surface area contributed by atoms with E-state index in [2.05, 4.69) is 31.0 Å². The highest BCUT2D eigenvalue weighted by molar-refractivity contribution is 7.11. The van der Waals surface area contributed by atoms with Crippen LogP contribution in [0.25, 0.3) is 0 Å². The van der Waals surface area contributed by atoms with Crippen molar-refractivity contribution in [3.8, 4) is 0 Å². The molecule has 0 radical (unpaired) electrons. The first-order valence-electron chi connectivity index (χ1n) is 3.89. The summed E-state index contributed by atoms with van der Waals surface area (Å²) >= 11 is 7.47. The van der Waals surface area contributed by atoms with Crippen molar-refractivity contribution in [2.45, 2.75) is 38.5 Å².